The number of carbonyl (C=O) groups excluding carboxylic acids is 2. The molecule has 1 fully saturated rings. The number of fused-ring (bicyclic) bond motifs is 1. The number of nitrogens with zero attached hydrogens (tertiary/aromatic N) is 2. The molecule has 1 saturated heterocycles. The first-order valence-corrected chi connectivity index (χ1v) is 9.54. The SMILES string of the molecule is CN(C)C[C@@H]1CN(C(=O)CCC(=O)c2cccc3ccccc23)C[C@@H]1CO. The number of aliphatic hydroxyl groups excluding tert-OH is 1. The number of rotatable bonds is 7. The molecule has 1 amide bonds. The van der Waals surface area contributed by atoms with Crippen LogP contribution in [0.1, 0.15) is 23.2 Å². The summed E-state index contributed by atoms with van der Waals surface area (Å²) in [6.45, 7) is 2.18. The Balaban J connectivity index is 1.61. The number of hydrogen-bond acceptors (Lipinski definition) is 4. The fourth-order valence-corrected chi connectivity index (χ4v) is 4.01. The van der Waals surface area contributed by atoms with Gasteiger partial charge in [-0.3, -0.25) is 9.59 Å². The van der Waals surface area contributed by atoms with E-state index in [-0.39, 0.29) is 43.0 Å². The van der Waals surface area contributed by atoms with E-state index in [0.29, 0.717) is 18.7 Å². The Morgan fingerprint density at radius 3 is 2.48 bits per heavy atom. The Morgan fingerprint density at radius 2 is 1.74 bits per heavy atom. The van der Waals surface area contributed by atoms with Crippen LogP contribution in [0.2, 0.25) is 0 Å². The summed E-state index contributed by atoms with van der Waals surface area (Å²) in [5.74, 6) is 0.402. The quantitative estimate of drug-likeness (QED) is 0.763. The second-order valence-corrected chi connectivity index (χ2v) is 7.71. The maximum absolute atomic E-state index is 12.7. The van der Waals surface area contributed by atoms with Gasteiger partial charge in [-0.2, -0.15) is 0 Å². The molecule has 0 saturated carbocycles. The molecule has 2 aromatic rings. The molecule has 27 heavy (non-hydrogen) atoms. The minimum absolute atomic E-state index is 0.00268. The monoisotopic (exact) mass is 368 g/mol. The van der Waals surface area contributed by atoms with E-state index in [1.807, 2.05) is 61.5 Å². The van der Waals surface area contributed by atoms with E-state index >= 15 is 0 Å². The van der Waals surface area contributed by atoms with E-state index in [1.54, 1.807) is 0 Å². The molecular formula is C22H28N2O3. The maximum Gasteiger partial charge on any atom is 0.223 e. The summed E-state index contributed by atoms with van der Waals surface area (Å²) < 4.78 is 0. The van der Waals surface area contributed by atoms with Crippen molar-refractivity contribution >= 4 is 22.5 Å². The number of likely N-dealkylation sites (tertiary alicyclic amines) is 1. The van der Waals surface area contributed by atoms with E-state index in [9.17, 15) is 14.7 Å². The number of amides is 1. The minimum Gasteiger partial charge on any atom is -0.396 e. The molecule has 2 aromatic carbocycles. The Hall–Kier alpha value is -2.24. The van der Waals surface area contributed by atoms with Gasteiger partial charge < -0.3 is 14.9 Å². The molecule has 144 valence electrons. The van der Waals surface area contributed by atoms with Crippen LogP contribution in [-0.4, -0.2) is 66.9 Å². The minimum atomic E-state index is 0.00268. The third kappa shape index (κ3) is 4.54. The van der Waals surface area contributed by atoms with Gasteiger partial charge in [-0.25, -0.2) is 0 Å². The van der Waals surface area contributed by atoms with Crippen molar-refractivity contribution in [3.8, 4) is 0 Å². The summed E-state index contributed by atoms with van der Waals surface area (Å²) in [6, 6.07) is 13.5. The largest absolute Gasteiger partial charge is 0.396 e. The zero-order valence-corrected chi connectivity index (χ0v) is 16.1. The zero-order valence-electron chi connectivity index (χ0n) is 16.1. The second kappa shape index (κ2) is 8.63. The van der Waals surface area contributed by atoms with Gasteiger partial charge in [0.15, 0.2) is 5.78 Å². The lowest BCUT2D eigenvalue weighted by molar-refractivity contribution is -0.130. The normalized spacial score (nSPS) is 19.8. The highest BCUT2D eigenvalue weighted by Crippen LogP contribution is 2.25. The fraction of sp³-hybridized carbons (Fsp3) is 0.455. The molecule has 5 nitrogen and oxygen atoms in total. The van der Waals surface area contributed by atoms with Crippen LogP contribution in [0, 0.1) is 11.8 Å². The molecule has 0 unspecified atom stereocenters. The summed E-state index contributed by atoms with van der Waals surface area (Å²) in [5.41, 5.74) is 0.682. The molecule has 2 atom stereocenters. The van der Waals surface area contributed by atoms with Crippen LogP contribution in [0.5, 0.6) is 0 Å². The van der Waals surface area contributed by atoms with Crippen LogP contribution in [-0.2, 0) is 4.79 Å². The third-order valence-electron chi connectivity index (χ3n) is 5.42. The number of benzene rings is 2. The lowest BCUT2D eigenvalue weighted by Gasteiger charge is -2.20. The van der Waals surface area contributed by atoms with Gasteiger partial charge in [-0.15, -0.1) is 0 Å². The van der Waals surface area contributed by atoms with Crippen molar-refractivity contribution in [2.45, 2.75) is 12.8 Å². The van der Waals surface area contributed by atoms with Crippen molar-refractivity contribution in [2.75, 3.05) is 40.3 Å². The number of Topliss-reactive ketones (excluding diaryl/α,β-unsaturated/α-hetero) is 1. The molecule has 3 rings (SSSR count). The highest BCUT2D eigenvalue weighted by Gasteiger charge is 2.34. The van der Waals surface area contributed by atoms with Gasteiger partial charge in [0.25, 0.3) is 0 Å². The van der Waals surface area contributed by atoms with Crippen molar-refractivity contribution in [2.24, 2.45) is 11.8 Å². The van der Waals surface area contributed by atoms with E-state index in [2.05, 4.69) is 4.90 Å². The van der Waals surface area contributed by atoms with Gasteiger partial charge in [0.05, 0.1) is 0 Å². The second-order valence-electron chi connectivity index (χ2n) is 7.71. The predicted molar refractivity (Wildman–Crippen MR) is 107 cm³/mol. The van der Waals surface area contributed by atoms with Crippen molar-refractivity contribution in [1.82, 2.24) is 9.80 Å². The molecule has 1 heterocycles. The lowest BCUT2D eigenvalue weighted by Crippen LogP contribution is -2.31. The van der Waals surface area contributed by atoms with Crippen molar-refractivity contribution in [3.63, 3.8) is 0 Å². The van der Waals surface area contributed by atoms with Crippen molar-refractivity contribution in [1.29, 1.82) is 0 Å². The van der Waals surface area contributed by atoms with Crippen LogP contribution in [0.3, 0.4) is 0 Å². The first-order chi connectivity index (χ1) is 13.0. The fourth-order valence-electron chi connectivity index (χ4n) is 4.01. The van der Waals surface area contributed by atoms with E-state index in [1.165, 1.54) is 0 Å². The van der Waals surface area contributed by atoms with Gasteiger partial charge in [0.1, 0.15) is 0 Å². The first-order valence-electron chi connectivity index (χ1n) is 9.54. The smallest absolute Gasteiger partial charge is 0.223 e. The summed E-state index contributed by atoms with van der Waals surface area (Å²) >= 11 is 0. The first kappa shape index (κ1) is 19.5. The van der Waals surface area contributed by atoms with Crippen LogP contribution in [0.15, 0.2) is 42.5 Å². The van der Waals surface area contributed by atoms with Crippen LogP contribution < -0.4 is 0 Å². The van der Waals surface area contributed by atoms with Crippen LogP contribution in [0.4, 0.5) is 0 Å². The van der Waals surface area contributed by atoms with Gasteiger partial charge in [0.2, 0.25) is 5.91 Å². The van der Waals surface area contributed by atoms with Gasteiger partial charge in [-0.1, -0.05) is 42.5 Å². The van der Waals surface area contributed by atoms with Gasteiger partial charge >= 0.3 is 0 Å². The molecule has 1 aliphatic rings. The molecule has 0 aliphatic carbocycles. The third-order valence-corrected chi connectivity index (χ3v) is 5.42. The maximum atomic E-state index is 12.7. The topological polar surface area (TPSA) is 60.9 Å². The Morgan fingerprint density at radius 1 is 1.04 bits per heavy atom. The highest BCUT2D eigenvalue weighted by molar-refractivity contribution is 6.08. The Labute approximate surface area is 160 Å². The number of carbonyl (C=O) groups is 2. The number of aliphatic hydroxyl groups is 1. The molecule has 5 heteroatoms. The molecule has 0 aromatic heterocycles. The molecule has 0 bridgehead atoms. The molecule has 1 N–H and O–H groups in total. The number of ketones is 1. The summed E-state index contributed by atoms with van der Waals surface area (Å²) in [5, 5.41) is 11.6. The molecular weight excluding hydrogens is 340 g/mol. The highest BCUT2D eigenvalue weighted by atomic mass is 16.3. The predicted octanol–water partition coefficient (Wildman–Crippen LogP) is 2.43. The Bertz CT molecular complexity index is 813. The lowest BCUT2D eigenvalue weighted by atomic mass is 9.97. The average Bonchev–Trinajstić information content (AvgIpc) is 3.07. The molecule has 0 radical (unpaired) electrons. The van der Waals surface area contributed by atoms with Crippen molar-refractivity contribution in [3.05, 3.63) is 48.0 Å². The van der Waals surface area contributed by atoms with Gasteiger partial charge in [0, 0.05) is 50.6 Å². The zero-order chi connectivity index (χ0) is 19.4. The van der Waals surface area contributed by atoms with E-state index in [4.69, 9.17) is 0 Å². The summed E-state index contributed by atoms with van der Waals surface area (Å²) in [7, 11) is 4.00. The van der Waals surface area contributed by atoms with Crippen LogP contribution >= 0.6 is 0 Å². The average molecular weight is 368 g/mol. The van der Waals surface area contributed by atoms with E-state index in [0.717, 1.165) is 17.3 Å². The van der Waals surface area contributed by atoms with Gasteiger partial charge in [-0.05, 0) is 30.8 Å². The summed E-state index contributed by atoms with van der Waals surface area (Å²) in [4.78, 5) is 29.2. The Kier molecular flexibility index (Phi) is 6.24. The standard InChI is InChI=1S/C22H28N2O3/c1-23(2)12-17-13-24(14-18(17)15-25)22(27)11-10-21(26)20-9-5-7-16-6-3-4-8-19(16)20/h3-9,17-18,25H,10-15H2,1-2H3/t17-,18-/m1/s1. The van der Waals surface area contributed by atoms with Crippen molar-refractivity contribution < 1.29 is 14.7 Å². The van der Waals surface area contributed by atoms with Crippen LogP contribution in [0.25, 0.3) is 10.8 Å². The molecule has 0 spiro atoms. The summed E-state index contributed by atoms with van der Waals surface area (Å²) in [6.07, 6.45) is 0.431. The van der Waals surface area contributed by atoms with E-state index < -0.39 is 0 Å². The number of hydrogen-bond donors (Lipinski definition) is 1. The molecule has 1 aliphatic heterocycles.